The second-order valence-electron chi connectivity index (χ2n) is 3.91. The van der Waals surface area contributed by atoms with E-state index in [1.165, 1.54) is 0 Å². The predicted octanol–water partition coefficient (Wildman–Crippen LogP) is 1.44. The van der Waals surface area contributed by atoms with Crippen LogP contribution in [0.25, 0.3) is 0 Å². The normalized spacial score (nSPS) is 20.5. The van der Waals surface area contributed by atoms with Gasteiger partial charge in [-0.15, -0.1) is 0 Å². The number of rotatable bonds is 1. The summed E-state index contributed by atoms with van der Waals surface area (Å²) in [5.74, 6) is 0.702. The Morgan fingerprint density at radius 2 is 2.35 bits per heavy atom. The minimum atomic E-state index is -0.0174. The first-order valence-corrected chi connectivity index (χ1v) is 6.19. The van der Waals surface area contributed by atoms with Crippen LogP contribution in [0.1, 0.15) is 12.6 Å². The summed E-state index contributed by atoms with van der Waals surface area (Å²) >= 11 is 3.29. The fourth-order valence-corrected chi connectivity index (χ4v) is 2.10. The summed E-state index contributed by atoms with van der Waals surface area (Å²) in [5.41, 5.74) is 0.582. The third-order valence-corrected chi connectivity index (χ3v) is 3.16. The third kappa shape index (κ3) is 2.53. The molecule has 0 aliphatic carbocycles. The van der Waals surface area contributed by atoms with Crippen molar-refractivity contribution < 1.29 is 0 Å². The molecule has 1 aliphatic heterocycles. The lowest BCUT2D eigenvalue weighted by Gasteiger charge is -2.33. The number of pyridine rings is 1. The number of aromatic nitrogens is 1. The molecule has 17 heavy (non-hydrogen) atoms. The van der Waals surface area contributed by atoms with E-state index in [4.69, 9.17) is 10.8 Å². The zero-order chi connectivity index (χ0) is 12.4. The van der Waals surface area contributed by atoms with Gasteiger partial charge in [0.05, 0.1) is 6.04 Å². The highest BCUT2D eigenvalue weighted by Gasteiger charge is 2.25. The molecule has 0 saturated carbocycles. The summed E-state index contributed by atoms with van der Waals surface area (Å²) in [6, 6.07) is 5.43. The quantitative estimate of drug-likeness (QED) is 0.417. The molecule has 1 saturated heterocycles. The molecule has 0 radical (unpaired) electrons. The lowest BCUT2D eigenvalue weighted by atomic mass is 10.2. The maximum atomic E-state index is 8.12. The Morgan fingerprint density at radius 3 is 3.06 bits per heavy atom. The summed E-state index contributed by atoms with van der Waals surface area (Å²) in [6.07, 6.45) is 0. The van der Waals surface area contributed by atoms with Gasteiger partial charge in [-0.2, -0.15) is 0 Å². The Kier molecular flexibility index (Phi) is 3.54. The molecule has 2 heterocycles. The van der Waals surface area contributed by atoms with Crippen molar-refractivity contribution in [3.63, 3.8) is 0 Å². The number of hydrogen-bond acceptors (Lipinski definition) is 4. The van der Waals surface area contributed by atoms with Gasteiger partial charge in [0.2, 0.25) is 0 Å². The van der Waals surface area contributed by atoms with Crippen LogP contribution in [-0.4, -0.2) is 40.7 Å². The van der Waals surface area contributed by atoms with E-state index >= 15 is 0 Å². The Labute approximate surface area is 108 Å². The zero-order valence-electron chi connectivity index (χ0n) is 9.50. The first-order chi connectivity index (χ1) is 8.09. The van der Waals surface area contributed by atoms with Crippen LogP contribution in [0.2, 0.25) is 0 Å². The van der Waals surface area contributed by atoms with Gasteiger partial charge in [-0.05, 0) is 35.0 Å². The molecule has 1 unspecified atom stereocenters. The largest absolute Gasteiger partial charge is 0.311 e. The summed E-state index contributed by atoms with van der Waals surface area (Å²) < 4.78 is 0.703. The van der Waals surface area contributed by atoms with Crippen molar-refractivity contribution in [2.75, 3.05) is 13.1 Å². The van der Waals surface area contributed by atoms with Gasteiger partial charge >= 0.3 is 0 Å². The van der Waals surface area contributed by atoms with E-state index in [9.17, 15) is 0 Å². The molecule has 6 heteroatoms. The molecule has 3 N–H and O–H groups in total. The highest BCUT2D eigenvalue weighted by molar-refractivity contribution is 9.10. The van der Waals surface area contributed by atoms with E-state index in [0.29, 0.717) is 22.7 Å². The highest BCUT2D eigenvalue weighted by atomic mass is 79.9. The Morgan fingerprint density at radius 1 is 1.59 bits per heavy atom. The van der Waals surface area contributed by atoms with Gasteiger partial charge in [0.15, 0.2) is 5.84 Å². The molecule has 5 nitrogen and oxygen atoms in total. The van der Waals surface area contributed by atoms with E-state index in [1.807, 2.05) is 19.1 Å². The van der Waals surface area contributed by atoms with Crippen molar-refractivity contribution in [2.24, 2.45) is 0 Å². The monoisotopic (exact) mass is 295 g/mol. The van der Waals surface area contributed by atoms with Gasteiger partial charge in [0, 0.05) is 13.1 Å². The number of amidine groups is 2. The number of nitrogens with one attached hydrogen (secondary N) is 3. The molecule has 90 valence electrons. The maximum Gasteiger partial charge on any atom is 0.152 e. The molecule has 1 aliphatic rings. The summed E-state index contributed by atoms with van der Waals surface area (Å²) in [6.45, 7) is 3.34. The first kappa shape index (κ1) is 12.2. The smallest absolute Gasteiger partial charge is 0.152 e. The number of hydrogen-bond donors (Lipinski definition) is 3. The molecule has 0 spiro atoms. The third-order valence-electron chi connectivity index (χ3n) is 2.71. The number of piperazine rings is 1. The molecule has 1 atom stereocenters. The minimum Gasteiger partial charge on any atom is -0.311 e. The topological polar surface area (TPSA) is 75.9 Å². The summed E-state index contributed by atoms with van der Waals surface area (Å²) in [7, 11) is 0. The van der Waals surface area contributed by atoms with Crippen molar-refractivity contribution in [2.45, 2.75) is 13.0 Å². The van der Waals surface area contributed by atoms with Gasteiger partial charge in [0.25, 0.3) is 0 Å². The lowest BCUT2D eigenvalue weighted by Crippen LogP contribution is -2.55. The number of nitrogens with zero attached hydrogens (tertiary/aromatic N) is 2. The lowest BCUT2D eigenvalue weighted by molar-refractivity contribution is 0.462. The van der Waals surface area contributed by atoms with Crippen molar-refractivity contribution in [1.29, 1.82) is 10.8 Å². The fourth-order valence-electron chi connectivity index (χ4n) is 1.75. The van der Waals surface area contributed by atoms with E-state index in [1.54, 1.807) is 11.0 Å². The summed E-state index contributed by atoms with van der Waals surface area (Å²) in [5, 5.41) is 19.3. The first-order valence-electron chi connectivity index (χ1n) is 5.40. The molecule has 1 fully saturated rings. The molecule has 0 aromatic carbocycles. The van der Waals surface area contributed by atoms with E-state index in [0.717, 1.165) is 6.54 Å². The van der Waals surface area contributed by atoms with E-state index in [2.05, 4.69) is 26.2 Å². The van der Waals surface area contributed by atoms with Crippen LogP contribution in [0.3, 0.4) is 0 Å². The average molecular weight is 296 g/mol. The summed E-state index contributed by atoms with van der Waals surface area (Å²) in [4.78, 5) is 5.93. The van der Waals surface area contributed by atoms with Gasteiger partial charge in [0.1, 0.15) is 16.1 Å². The van der Waals surface area contributed by atoms with Gasteiger partial charge in [-0.3, -0.25) is 10.8 Å². The van der Waals surface area contributed by atoms with Crippen LogP contribution in [-0.2, 0) is 0 Å². The van der Waals surface area contributed by atoms with Crippen LogP contribution in [0.4, 0.5) is 0 Å². The van der Waals surface area contributed by atoms with Crippen LogP contribution in [0.5, 0.6) is 0 Å². The van der Waals surface area contributed by atoms with Gasteiger partial charge < -0.3 is 10.2 Å². The molecule has 0 bridgehead atoms. The second kappa shape index (κ2) is 4.93. The van der Waals surface area contributed by atoms with Gasteiger partial charge in [-0.25, -0.2) is 4.98 Å². The Bertz CT molecular complexity index is 459. The maximum absolute atomic E-state index is 8.12. The van der Waals surface area contributed by atoms with Crippen molar-refractivity contribution in [3.8, 4) is 0 Å². The Hall–Kier alpha value is -1.27. The molecule has 1 aromatic rings. The van der Waals surface area contributed by atoms with Crippen molar-refractivity contribution in [1.82, 2.24) is 15.2 Å². The number of halogens is 1. The van der Waals surface area contributed by atoms with Crippen LogP contribution < -0.4 is 5.32 Å². The minimum absolute atomic E-state index is 0.0174. The average Bonchev–Trinajstić information content (AvgIpc) is 2.32. The predicted molar refractivity (Wildman–Crippen MR) is 70.7 cm³/mol. The molecular formula is C11H14BrN5. The molecule has 1 aromatic heterocycles. The zero-order valence-corrected chi connectivity index (χ0v) is 11.1. The standard InChI is InChI=1S/C11H14BrN5/c1-7-10(13)17(6-5-15-7)11(14)8-3-2-4-9(12)16-8/h2-4,7,13-15H,5-6H2,1H3. The molecule has 2 rings (SSSR count). The second-order valence-corrected chi connectivity index (χ2v) is 4.72. The van der Waals surface area contributed by atoms with E-state index in [-0.39, 0.29) is 11.9 Å². The molecule has 0 amide bonds. The molecular weight excluding hydrogens is 282 g/mol. The van der Waals surface area contributed by atoms with Crippen LogP contribution in [0.15, 0.2) is 22.8 Å². The fraction of sp³-hybridized carbons (Fsp3) is 0.364. The van der Waals surface area contributed by atoms with Crippen molar-refractivity contribution >= 4 is 27.6 Å². The Balaban J connectivity index is 2.22. The van der Waals surface area contributed by atoms with Crippen LogP contribution in [0, 0.1) is 10.8 Å². The highest BCUT2D eigenvalue weighted by Crippen LogP contribution is 2.11. The van der Waals surface area contributed by atoms with Crippen molar-refractivity contribution in [3.05, 3.63) is 28.5 Å². The van der Waals surface area contributed by atoms with E-state index < -0.39 is 0 Å². The van der Waals surface area contributed by atoms with Gasteiger partial charge in [-0.1, -0.05) is 6.07 Å². The van der Waals surface area contributed by atoms with Crippen LogP contribution >= 0.6 is 15.9 Å². The SMILES string of the molecule is CC1NCCN(C(=N)c2cccc(Br)n2)C1=N.